The average molecular weight is 404 g/mol. The Morgan fingerprint density at radius 3 is 2.45 bits per heavy atom. The van der Waals surface area contributed by atoms with Crippen molar-refractivity contribution in [1.29, 1.82) is 0 Å². The van der Waals surface area contributed by atoms with Crippen molar-refractivity contribution in [3.8, 4) is 11.3 Å². The van der Waals surface area contributed by atoms with Crippen LogP contribution in [-0.4, -0.2) is 51.6 Å². The Bertz CT molecular complexity index is 1040. The van der Waals surface area contributed by atoms with E-state index in [1.54, 1.807) is 36.1 Å². The van der Waals surface area contributed by atoms with Gasteiger partial charge in [-0.25, -0.2) is 4.98 Å². The summed E-state index contributed by atoms with van der Waals surface area (Å²) >= 11 is 0. The summed E-state index contributed by atoms with van der Waals surface area (Å²) in [6.45, 7) is 3.88. The number of benzene rings is 1. The molecule has 0 N–H and O–H groups in total. The zero-order valence-corrected chi connectivity index (χ0v) is 15.7. The minimum Gasteiger partial charge on any atom is -0.378 e. The van der Waals surface area contributed by atoms with Crippen molar-refractivity contribution in [3.05, 3.63) is 47.9 Å². The number of ether oxygens (including phenoxy) is 1. The maximum atomic E-state index is 13.4. The van der Waals surface area contributed by atoms with Crippen LogP contribution in [0, 0.1) is 0 Å². The number of pyridine rings is 1. The monoisotopic (exact) mass is 404 g/mol. The second kappa shape index (κ2) is 7.47. The molecule has 1 aliphatic heterocycles. The molecule has 0 aliphatic carbocycles. The summed E-state index contributed by atoms with van der Waals surface area (Å²) < 4.78 is 46.5. The smallest absolute Gasteiger partial charge is 0.378 e. The van der Waals surface area contributed by atoms with Gasteiger partial charge in [0.25, 0.3) is 5.91 Å². The van der Waals surface area contributed by atoms with Gasteiger partial charge in [0.1, 0.15) is 5.52 Å². The lowest BCUT2D eigenvalue weighted by Crippen LogP contribution is -2.40. The predicted octanol–water partition coefficient (Wildman–Crippen LogP) is 3.61. The molecule has 9 heteroatoms. The Hall–Kier alpha value is -2.94. The Kier molecular flexibility index (Phi) is 4.99. The van der Waals surface area contributed by atoms with Crippen LogP contribution in [0.2, 0.25) is 0 Å². The molecule has 29 heavy (non-hydrogen) atoms. The summed E-state index contributed by atoms with van der Waals surface area (Å²) in [4.78, 5) is 22.4. The van der Waals surface area contributed by atoms with Crippen LogP contribution >= 0.6 is 0 Å². The van der Waals surface area contributed by atoms with Gasteiger partial charge in [0.15, 0.2) is 0 Å². The quantitative estimate of drug-likeness (QED) is 0.669. The molecular weight excluding hydrogens is 385 g/mol. The van der Waals surface area contributed by atoms with Gasteiger partial charge in [-0.1, -0.05) is 12.1 Å². The SMILES string of the molecule is CCn1c(C(F)(F)F)nc2c(-c3ccc(C(=O)N4CCOCC4)cc3)nccc21. The van der Waals surface area contributed by atoms with E-state index in [-0.39, 0.29) is 18.0 Å². The molecule has 2 aromatic heterocycles. The van der Waals surface area contributed by atoms with Crippen molar-refractivity contribution < 1.29 is 22.7 Å². The van der Waals surface area contributed by atoms with Crippen molar-refractivity contribution in [2.45, 2.75) is 19.6 Å². The maximum absolute atomic E-state index is 13.4. The second-order valence-corrected chi connectivity index (χ2v) is 6.69. The second-order valence-electron chi connectivity index (χ2n) is 6.69. The molecule has 0 saturated carbocycles. The highest BCUT2D eigenvalue weighted by molar-refractivity contribution is 5.96. The Balaban J connectivity index is 1.71. The van der Waals surface area contributed by atoms with Crippen LogP contribution in [-0.2, 0) is 17.5 Å². The highest BCUT2D eigenvalue weighted by atomic mass is 19.4. The van der Waals surface area contributed by atoms with Crippen molar-refractivity contribution in [2.75, 3.05) is 26.3 Å². The summed E-state index contributed by atoms with van der Waals surface area (Å²) in [6, 6.07) is 8.23. The summed E-state index contributed by atoms with van der Waals surface area (Å²) in [5, 5.41) is 0. The summed E-state index contributed by atoms with van der Waals surface area (Å²) in [6.07, 6.45) is -3.08. The van der Waals surface area contributed by atoms with E-state index in [1.165, 1.54) is 12.3 Å². The number of nitrogens with zero attached hydrogens (tertiary/aromatic N) is 4. The van der Waals surface area contributed by atoms with E-state index >= 15 is 0 Å². The number of amides is 1. The van der Waals surface area contributed by atoms with Crippen LogP contribution in [0.5, 0.6) is 0 Å². The molecule has 1 aromatic carbocycles. The van der Waals surface area contributed by atoms with Crippen molar-refractivity contribution >= 4 is 16.9 Å². The number of hydrogen-bond donors (Lipinski definition) is 0. The lowest BCUT2D eigenvalue weighted by molar-refractivity contribution is -0.146. The van der Waals surface area contributed by atoms with Gasteiger partial charge in [-0.3, -0.25) is 9.78 Å². The zero-order chi connectivity index (χ0) is 20.6. The van der Waals surface area contributed by atoms with E-state index in [0.717, 1.165) is 4.57 Å². The van der Waals surface area contributed by atoms with E-state index < -0.39 is 12.0 Å². The molecule has 1 fully saturated rings. The molecular formula is C20H19F3N4O2. The first-order valence-corrected chi connectivity index (χ1v) is 9.30. The molecule has 3 heterocycles. The van der Waals surface area contributed by atoms with Gasteiger partial charge in [-0.2, -0.15) is 13.2 Å². The number of hydrogen-bond acceptors (Lipinski definition) is 4. The van der Waals surface area contributed by atoms with E-state index in [0.29, 0.717) is 48.6 Å². The minimum atomic E-state index is -4.55. The van der Waals surface area contributed by atoms with Crippen LogP contribution in [0.1, 0.15) is 23.1 Å². The molecule has 1 aliphatic rings. The number of rotatable bonds is 3. The summed E-state index contributed by atoms with van der Waals surface area (Å²) in [5.41, 5.74) is 2.03. The summed E-state index contributed by atoms with van der Waals surface area (Å²) in [7, 11) is 0. The Morgan fingerprint density at radius 2 is 1.83 bits per heavy atom. The van der Waals surface area contributed by atoms with Crippen molar-refractivity contribution in [2.24, 2.45) is 0 Å². The number of morpholine rings is 1. The Morgan fingerprint density at radius 1 is 1.14 bits per heavy atom. The molecule has 0 spiro atoms. The fraction of sp³-hybridized carbons (Fsp3) is 0.350. The van der Waals surface area contributed by atoms with Gasteiger partial charge < -0.3 is 14.2 Å². The lowest BCUT2D eigenvalue weighted by Gasteiger charge is -2.26. The van der Waals surface area contributed by atoms with E-state index in [2.05, 4.69) is 9.97 Å². The van der Waals surface area contributed by atoms with Crippen molar-refractivity contribution in [3.63, 3.8) is 0 Å². The number of aromatic nitrogens is 3. The van der Waals surface area contributed by atoms with Gasteiger partial charge in [0, 0.05) is 37.0 Å². The molecule has 0 atom stereocenters. The molecule has 4 rings (SSSR count). The number of imidazole rings is 1. The van der Waals surface area contributed by atoms with E-state index in [9.17, 15) is 18.0 Å². The fourth-order valence-electron chi connectivity index (χ4n) is 3.52. The van der Waals surface area contributed by atoms with Gasteiger partial charge in [0.05, 0.1) is 24.4 Å². The van der Waals surface area contributed by atoms with Crippen LogP contribution in [0.25, 0.3) is 22.3 Å². The third-order valence-corrected chi connectivity index (χ3v) is 4.94. The van der Waals surface area contributed by atoms with Gasteiger partial charge in [0.2, 0.25) is 5.82 Å². The highest BCUT2D eigenvalue weighted by Gasteiger charge is 2.37. The third kappa shape index (κ3) is 3.57. The van der Waals surface area contributed by atoms with Gasteiger partial charge in [-0.05, 0) is 25.1 Å². The molecule has 0 radical (unpaired) electrons. The topological polar surface area (TPSA) is 60.2 Å². The number of halogens is 3. The fourth-order valence-corrected chi connectivity index (χ4v) is 3.52. The normalized spacial score (nSPS) is 15.1. The lowest BCUT2D eigenvalue weighted by atomic mass is 10.1. The zero-order valence-electron chi connectivity index (χ0n) is 15.7. The van der Waals surface area contributed by atoms with Gasteiger partial charge >= 0.3 is 6.18 Å². The highest BCUT2D eigenvalue weighted by Crippen LogP contribution is 2.34. The molecule has 0 bridgehead atoms. The van der Waals surface area contributed by atoms with Crippen LogP contribution in [0.15, 0.2) is 36.5 Å². The molecule has 0 unspecified atom stereocenters. The molecule has 1 saturated heterocycles. The summed E-state index contributed by atoms with van der Waals surface area (Å²) in [5.74, 6) is -1.04. The number of carbonyl (C=O) groups excluding carboxylic acids is 1. The Labute approximate surface area is 164 Å². The molecule has 3 aromatic rings. The third-order valence-electron chi connectivity index (χ3n) is 4.94. The number of alkyl halides is 3. The van der Waals surface area contributed by atoms with Crippen LogP contribution < -0.4 is 0 Å². The van der Waals surface area contributed by atoms with Crippen LogP contribution in [0.4, 0.5) is 13.2 Å². The van der Waals surface area contributed by atoms with Crippen LogP contribution in [0.3, 0.4) is 0 Å². The number of fused-ring (bicyclic) bond motifs is 1. The molecule has 152 valence electrons. The average Bonchev–Trinajstić information content (AvgIpc) is 3.13. The standard InChI is InChI=1S/C20H19F3N4O2/c1-2-27-15-7-8-24-16(17(15)25-19(27)20(21,22)23)13-3-5-14(6-4-13)18(28)26-9-11-29-12-10-26/h3-8H,2,9-12H2,1H3. The largest absolute Gasteiger partial charge is 0.449 e. The minimum absolute atomic E-state index is 0.0966. The maximum Gasteiger partial charge on any atom is 0.449 e. The number of aryl methyl sites for hydroxylation is 1. The molecule has 6 nitrogen and oxygen atoms in total. The first-order valence-electron chi connectivity index (χ1n) is 9.30. The van der Waals surface area contributed by atoms with Crippen molar-refractivity contribution in [1.82, 2.24) is 19.4 Å². The number of carbonyl (C=O) groups is 1. The predicted molar refractivity (Wildman–Crippen MR) is 100 cm³/mol. The first kappa shape index (κ1) is 19.4. The van der Waals surface area contributed by atoms with E-state index in [4.69, 9.17) is 4.74 Å². The van der Waals surface area contributed by atoms with E-state index in [1.807, 2.05) is 0 Å². The molecule has 1 amide bonds. The first-order chi connectivity index (χ1) is 13.9. The van der Waals surface area contributed by atoms with Gasteiger partial charge in [-0.15, -0.1) is 0 Å².